The first kappa shape index (κ1) is 12.5. The molecule has 5 heteroatoms. The number of thiazole rings is 1. The third-order valence-electron chi connectivity index (χ3n) is 2.91. The largest absolute Gasteiger partial charge is 0.339 e. The highest BCUT2D eigenvalue weighted by atomic mass is 32.1. The van der Waals surface area contributed by atoms with Gasteiger partial charge in [0.25, 0.3) is 0 Å². The fraction of sp³-hybridized carbons (Fsp3) is 0.667. The zero-order chi connectivity index (χ0) is 12.4. The van der Waals surface area contributed by atoms with Gasteiger partial charge in [-0.3, -0.25) is 4.79 Å². The molecule has 0 radical (unpaired) electrons. The van der Waals surface area contributed by atoms with Crippen LogP contribution in [0.2, 0.25) is 0 Å². The molecule has 1 aliphatic heterocycles. The lowest BCUT2D eigenvalue weighted by molar-refractivity contribution is -0.132. The summed E-state index contributed by atoms with van der Waals surface area (Å²) in [6.07, 6.45) is 0.434. The SMILES string of the molecule is Cc1nc(CC(=O)N2C[C@@H](C)N[C@H](C)C2)cs1. The van der Waals surface area contributed by atoms with Crippen molar-refractivity contribution >= 4 is 17.2 Å². The van der Waals surface area contributed by atoms with Crippen LogP contribution >= 0.6 is 11.3 Å². The standard InChI is InChI=1S/C12H19N3OS/c1-8-5-15(6-9(2)13-8)12(16)4-11-7-17-10(3)14-11/h7-9,13H,4-6H2,1-3H3/t8-,9-/m1/s1. The zero-order valence-corrected chi connectivity index (χ0v) is 11.4. The molecule has 4 nitrogen and oxygen atoms in total. The number of carbonyl (C=O) groups is 1. The van der Waals surface area contributed by atoms with Crippen LogP contribution in [-0.2, 0) is 11.2 Å². The first-order valence-corrected chi connectivity index (χ1v) is 6.87. The molecular weight excluding hydrogens is 234 g/mol. The minimum absolute atomic E-state index is 0.190. The van der Waals surface area contributed by atoms with Crippen molar-refractivity contribution in [2.45, 2.75) is 39.3 Å². The molecule has 0 aromatic carbocycles. The molecule has 17 heavy (non-hydrogen) atoms. The monoisotopic (exact) mass is 253 g/mol. The Morgan fingerprint density at radius 1 is 1.53 bits per heavy atom. The van der Waals surface area contributed by atoms with Gasteiger partial charge in [-0.2, -0.15) is 0 Å². The Morgan fingerprint density at radius 3 is 2.71 bits per heavy atom. The van der Waals surface area contributed by atoms with Gasteiger partial charge in [0.2, 0.25) is 5.91 Å². The summed E-state index contributed by atoms with van der Waals surface area (Å²) in [4.78, 5) is 18.4. The van der Waals surface area contributed by atoms with Crippen molar-refractivity contribution in [1.82, 2.24) is 15.2 Å². The molecule has 0 aliphatic carbocycles. The Morgan fingerprint density at radius 2 is 2.18 bits per heavy atom. The number of rotatable bonds is 2. The Labute approximate surface area is 106 Å². The maximum absolute atomic E-state index is 12.1. The molecule has 1 saturated heterocycles. The Bertz CT molecular complexity index is 394. The lowest BCUT2D eigenvalue weighted by Gasteiger charge is -2.36. The second kappa shape index (κ2) is 5.14. The molecule has 94 valence electrons. The highest BCUT2D eigenvalue weighted by Crippen LogP contribution is 2.11. The van der Waals surface area contributed by atoms with Crippen molar-refractivity contribution in [3.8, 4) is 0 Å². The van der Waals surface area contributed by atoms with Gasteiger partial charge >= 0.3 is 0 Å². The van der Waals surface area contributed by atoms with Crippen LogP contribution in [0.1, 0.15) is 24.5 Å². The highest BCUT2D eigenvalue weighted by Gasteiger charge is 2.24. The first-order valence-electron chi connectivity index (χ1n) is 5.99. The molecule has 1 N–H and O–H groups in total. The normalized spacial score (nSPS) is 25.0. The average Bonchev–Trinajstić information content (AvgIpc) is 2.62. The third kappa shape index (κ3) is 3.26. The van der Waals surface area contributed by atoms with Gasteiger partial charge in [0.15, 0.2) is 0 Å². The fourth-order valence-electron chi connectivity index (χ4n) is 2.29. The zero-order valence-electron chi connectivity index (χ0n) is 10.6. The summed E-state index contributed by atoms with van der Waals surface area (Å²) in [5, 5.41) is 6.42. The van der Waals surface area contributed by atoms with E-state index in [-0.39, 0.29) is 5.91 Å². The number of piperazine rings is 1. The van der Waals surface area contributed by atoms with Crippen molar-refractivity contribution in [3.63, 3.8) is 0 Å². The molecular formula is C12H19N3OS. The van der Waals surface area contributed by atoms with Gasteiger partial charge < -0.3 is 10.2 Å². The van der Waals surface area contributed by atoms with Crippen molar-refractivity contribution in [3.05, 3.63) is 16.1 Å². The van der Waals surface area contributed by atoms with E-state index in [1.54, 1.807) is 11.3 Å². The maximum atomic E-state index is 12.1. The predicted molar refractivity (Wildman–Crippen MR) is 69.2 cm³/mol. The van der Waals surface area contributed by atoms with Gasteiger partial charge in [0, 0.05) is 30.6 Å². The molecule has 0 saturated carbocycles. The van der Waals surface area contributed by atoms with Crippen LogP contribution in [0.15, 0.2) is 5.38 Å². The van der Waals surface area contributed by atoms with E-state index in [1.165, 1.54) is 0 Å². The lowest BCUT2D eigenvalue weighted by Crippen LogP contribution is -2.56. The van der Waals surface area contributed by atoms with Crippen molar-refractivity contribution < 1.29 is 4.79 Å². The number of nitrogens with one attached hydrogen (secondary N) is 1. The van der Waals surface area contributed by atoms with Crippen LogP contribution in [0.3, 0.4) is 0 Å². The van der Waals surface area contributed by atoms with E-state index in [2.05, 4.69) is 24.1 Å². The molecule has 1 aliphatic rings. The molecule has 2 rings (SSSR count). The van der Waals surface area contributed by atoms with Gasteiger partial charge in [-0.15, -0.1) is 11.3 Å². The van der Waals surface area contributed by atoms with Gasteiger partial charge in [0.1, 0.15) is 0 Å². The van der Waals surface area contributed by atoms with E-state index in [0.717, 1.165) is 23.8 Å². The van der Waals surface area contributed by atoms with Crippen LogP contribution < -0.4 is 5.32 Å². The summed E-state index contributed by atoms with van der Waals surface area (Å²) < 4.78 is 0. The average molecular weight is 253 g/mol. The summed E-state index contributed by atoms with van der Waals surface area (Å²) in [6, 6.07) is 0.750. The van der Waals surface area contributed by atoms with Gasteiger partial charge in [-0.25, -0.2) is 4.98 Å². The van der Waals surface area contributed by atoms with Crippen molar-refractivity contribution in [2.24, 2.45) is 0 Å². The molecule has 2 atom stereocenters. The molecule has 2 heterocycles. The molecule has 1 amide bonds. The Kier molecular flexibility index (Phi) is 3.79. The predicted octanol–water partition coefficient (Wildman–Crippen LogP) is 1.20. The van der Waals surface area contributed by atoms with E-state index in [1.807, 2.05) is 17.2 Å². The van der Waals surface area contributed by atoms with Crippen LogP contribution in [-0.4, -0.2) is 41.0 Å². The van der Waals surface area contributed by atoms with Crippen molar-refractivity contribution in [1.29, 1.82) is 0 Å². The first-order chi connectivity index (χ1) is 8.04. The van der Waals surface area contributed by atoms with Crippen LogP contribution in [0.25, 0.3) is 0 Å². The van der Waals surface area contributed by atoms with Crippen molar-refractivity contribution in [2.75, 3.05) is 13.1 Å². The topological polar surface area (TPSA) is 45.2 Å². The van der Waals surface area contributed by atoms with E-state index in [4.69, 9.17) is 0 Å². The summed E-state index contributed by atoms with van der Waals surface area (Å²) in [5.74, 6) is 0.190. The summed E-state index contributed by atoms with van der Waals surface area (Å²) in [6.45, 7) is 7.79. The van der Waals surface area contributed by atoms with Gasteiger partial charge in [-0.1, -0.05) is 0 Å². The van der Waals surface area contributed by atoms with Gasteiger partial charge in [0.05, 0.1) is 17.1 Å². The molecule has 1 aromatic heterocycles. The summed E-state index contributed by atoms with van der Waals surface area (Å²) >= 11 is 1.60. The van der Waals surface area contributed by atoms with E-state index >= 15 is 0 Å². The summed E-state index contributed by atoms with van der Waals surface area (Å²) in [7, 11) is 0. The third-order valence-corrected chi connectivity index (χ3v) is 3.73. The molecule has 0 bridgehead atoms. The van der Waals surface area contributed by atoms with Gasteiger partial charge in [-0.05, 0) is 20.8 Å². The lowest BCUT2D eigenvalue weighted by atomic mass is 10.1. The second-order valence-electron chi connectivity index (χ2n) is 4.80. The highest BCUT2D eigenvalue weighted by molar-refractivity contribution is 7.09. The van der Waals surface area contributed by atoms with E-state index < -0.39 is 0 Å². The molecule has 0 unspecified atom stereocenters. The number of amides is 1. The number of aromatic nitrogens is 1. The van der Waals surface area contributed by atoms with E-state index in [0.29, 0.717) is 18.5 Å². The van der Waals surface area contributed by atoms with E-state index in [9.17, 15) is 4.79 Å². The number of carbonyl (C=O) groups excluding carboxylic acids is 1. The maximum Gasteiger partial charge on any atom is 0.228 e. The number of hydrogen-bond acceptors (Lipinski definition) is 4. The quantitative estimate of drug-likeness (QED) is 0.861. The van der Waals surface area contributed by atoms with Crippen LogP contribution in [0.4, 0.5) is 0 Å². The van der Waals surface area contributed by atoms with Crippen LogP contribution in [0.5, 0.6) is 0 Å². The second-order valence-corrected chi connectivity index (χ2v) is 5.86. The molecule has 1 fully saturated rings. The Balaban J connectivity index is 1.95. The number of hydrogen-bond donors (Lipinski definition) is 1. The molecule has 0 spiro atoms. The minimum Gasteiger partial charge on any atom is -0.339 e. The summed E-state index contributed by atoms with van der Waals surface area (Å²) in [5.41, 5.74) is 0.899. The Hall–Kier alpha value is -0.940. The number of aryl methyl sites for hydroxylation is 1. The fourth-order valence-corrected chi connectivity index (χ4v) is 2.90. The smallest absolute Gasteiger partial charge is 0.228 e. The van der Waals surface area contributed by atoms with Crippen LogP contribution in [0, 0.1) is 6.92 Å². The molecule has 1 aromatic rings. The number of nitrogens with zero attached hydrogens (tertiary/aromatic N) is 2. The minimum atomic E-state index is 0.190.